The summed E-state index contributed by atoms with van der Waals surface area (Å²) in [6, 6.07) is 0. The van der Waals surface area contributed by atoms with E-state index < -0.39 is 0 Å². The lowest BCUT2D eigenvalue weighted by Crippen LogP contribution is -2.14. The van der Waals surface area contributed by atoms with Gasteiger partial charge in [-0.25, -0.2) is 4.98 Å². The van der Waals surface area contributed by atoms with Gasteiger partial charge in [0.15, 0.2) is 0 Å². The number of hydrogen-bond acceptors (Lipinski definition) is 3. The molecular formula is C8H14N4. The zero-order valence-corrected chi connectivity index (χ0v) is 7.27. The van der Waals surface area contributed by atoms with E-state index in [0.717, 1.165) is 19.5 Å². The molecule has 66 valence electrons. The van der Waals surface area contributed by atoms with Gasteiger partial charge >= 0.3 is 0 Å². The third-order valence-corrected chi connectivity index (χ3v) is 1.42. The second kappa shape index (κ2) is 5.35. The molecule has 0 fully saturated rings. The van der Waals surface area contributed by atoms with Gasteiger partial charge in [-0.15, -0.1) is 0 Å². The van der Waals surface area contributed by atoms with Crippen molar-refractivity contribution in [3.05, 3.63) is 24.9 Å². The van der Waals surface area contributed by atoms with Crippen molar-refractivity contribution in [3.63, 3.8) is 0 Å². The van der Waals surface area contributed by atoms with Crippen LogP contribution in [-0.4, -0.2) is 21.3 Å². The Kier molecular flexibility index (Phi) is 3.91. The lowest BCUT2D eigenvalue weighted by molar-refractivity contribution is 0.593. The standard InChI is InChI=1S/C8H14N4/c1-2-3-4-9-5-6-12-8-10-7-11-12/h3-4,7-9H,2,5-6H2,1H3/b4-3-. The molecule has 0 unspecified atom stereocenters. The minimum absolute atomic E-state index is 0.855. The maximum Gasteiger partial charge on any atom is 0.137 e. The summed E-state index contributed by atoms with van der Waals surface area (Å²) >= 11 is 0. The first-order valence-electron chi connectivity index (χ1n) is 4.14. The van der Waals surface area contributed by atoms with Gasteiger partial charge in [-0.3, -0.25) is 4.68 Å². The molecule has 0 atom stereocenters. The molecule has 1 N–H and O–H groups in total. The van der Waals surface area contributed by atoms with Crippen LogP contribution in [0.2, 0.25) is 0 Å². The number of allylic oxidation sites excluding steroid dienone is 1. The predicted octanol–water partition coefficient (Wildman–Crippen LogP) is 0.791. The van der Waals surface area contributed by atoms with Crippen LogP contribution in [0.1, 0.15) is 13.3 Å². The molecule has 0 radical (unpaired) electrons. The molecule has 0 aliphatic rings. The van der Waals surface area contributed by atoms with Gasteiger partial charge in [-0.2, -0.15) is 5.10 Å². The average Bonchev–Trinajstić information content (AvgIpc) is 2.57. The van der Waals surface area contributed by atoms with E-state index in [1.165, 1.54) is 0 Å². The number of aromatic nitrogens is 3. The van der Waals surface area contributed by atoms with E-state index in [1.54, 1.807) is 17.3 Å². The van der Waals surface area contributed by atoms with E-state index in [0.29, 0.717) is 0 Å². The first-order chi connectivity index (χ1) is 5.93. The molecule has 4 nitrogen and oxygen atoms in total. The summed E-state index contributed by atoms with van der Waals surface area (Å²) in [5.74, 6) is 0. The summed E-state index contributed by atoms with van der Waals surface area (Å²) in [5.41, 5.74) is 0. The Hall–Kier alpha value is -1.32. The van der Waals surface area contributed by atoms with E-state index in [1.807, 2.05) is 6.20 Å². The largest absolute Gasteiger partial charge is 0.389 e. The maximum absolute atomic E-state index is 3.98. The van der Waals surface area contributed by atoms with Gasteiger partial charge in [-0.05, 0) is 12.6 Å². The van der Waals surface area contributed by atoms with Crippen LogP contribution in [0.5, 0.6) is 0 Å². The number of nitrogens with zero attached hydrogens (tertiary/aromatic N) is 3. The molecule has 1 rings (SSSR count). The molecule has 0 saturated carbocycles. The number of rotatable bonds is 5. The van der Waals surface area contributed by atoms with Crippen molar-refractivity contribution in [3.8, 4) is 0 Å². The maximum atomic E-state index is 3.98. The Morgan fingerprint density at radius 1 is 1.58 bits per heavy atom. The molecule has 0 aromatic carbocycles. The SMILES string of the molecule is CC/C=C\NCCn1cncn1. The molecule has 4 heteroatoms. The van der Waals surface area contributed by atoms with E-state index in [-0.39, 0.29) is 0 Å². The van der Waals surface area contributed by atoms with Crippen LogP contribution in [0, 0.1) is 0 Å². The van der Waals surface area contributed by atoms with Crippen molar-refractivity contribution < 1.29 is 0 Å². The zero-order valence-electron chi connectivity index (χ0n) is 7.27. The van der Waals surface area contributed by atoms with E-state index in [2.05, 4.69) is 28.4 Å². The Bertz CT molecular complexity index is 215. The molecule has 1 heterocycles. The van der Waals surface area contributed by atoms with E-state index in [4.69, 9.17) is 0 Å². The van der Waals surface area contributed by atoms with E-state index >= 15 is 0 Å². The first kappa shape index (κ1) is 8.77. The van der Waals surface area contributed by atoms with Crippen molar-refractivity contribution >= 4 is 0 Å². The van der Waals surface area contributed by atoms with Crippen molar-refractivity contribution in [1.82, 2.24) is 20.1 Å². The molecule has 0 aliphatic heterocycles. The highest BCUT2D eigenvalue weighted by Gasteiger charge is 1.87. The van der Waals surface area contributed by atoms with Gasteiger partial charge in [0.05, 0.1) is 6.54 Å². The Labute approximate surface area is 72.3 Å². The fraction of sp³-hybridized carbons (Fsp3) is 0.500. The third-order valence-electron chi connectivity index (χ3n) is 1.42. The third kappa shape index (κ3) is 3.18. The molecule has 0 spiro atoms. The van der Waals surface area contributed by atoms with Gasteiger partial charge in [0.25, 0.3) is 0 Å². The van der Waals surface area contributed by atoms with Crippen molar-refractivity contribution in [2.24, 2.45) is 0 Å². The molecular weight excluding hydrogens is 152 g/mol. The fourth-order valence-corrected chi connectivity index (χ4v) is 0.812. The second-order valence-electron chi connectivity index (χ2n) is 2.42. The zero-order chi connectivity index (χ0) is 8.65. The summed E-state index contributed by atoms with van der Waals surface area (Å²) in [4.78, 5) is 3.84. The number of hydrogen-bond donors (Lipinski definition) is 1. The quantitative estimate of drug-likeness (QED) is 0.658. The summed E-state index contributed by atoms with van der Waals surface area (Å²) in [7, 11) is 0. The van der Waals surface area contributed by atoms with Gasteiger partial charge in [0.2, 0.25) is 0 Å². The highest BCUT2D eigenvalue weighted by atomic mass is 15.3. The van der Waals surface area contributed by atoms with Crippen molar-refractivity contribution in [2.75, 3.05) is 6.54 Å². The Balaban J connectivity index is 2.07. The fourth-order valence-electron chi connectivity index (χ4n) is 0.812. The summed E-state index contributed by atoms with van der Waals surface area (Å²) in [6.07, 6.45) is 8.38. The highest BCUT2D eigenvalue weighted by molar-refractivity contribution is 4.77. The summed E-state index contributed by atoms with van der Waals surface area (Å²) in [5, 5.41) is 7.13. The minimum atomic E-state index is 0.855. The van der Waals surface area contributed by atoms with Crippen LogP contribution in [0.4, 0.5) is 0 Å². The lowest BCUT2D eigenvalue weighted by atomic mass is 10.5. The van der Waals surface area contributed by atoms with Crippen LogP contribution < -0.4 is 5.32 Å². The summed E-state index contributed by atoms with van der Waals surface area (Å²) < 4.78 is 1.80. The van der Waals surface area contributed by atoms with Crippen LogP contribution in [-0.2, 0) is 6.54 Å². The monoisotopic (exact) mass is 166 g/mol. The first-order valence-corrected chi connectivity index (χ1v) is 4.14. The Morgan fingerprint density at radius 2 is 2.50 bits per heavy atom. The molecule has 1 aromatic heterocycles. The smallest absolute Gasteiger partial charge is 0.137 e. The molecule has 0 aliphatic carbocycles. The van der Waals surface area contributed by atoms with Gasteiger partial charge < -0.3 is 5.32 Å². The van der Waals surface area contributed by atoms with Gasteiger partial charge in [0, 0.05) is 6.54 Å². The molecule has 0 saturated heterocycles. The van der Waals surface area contributed by atoms with Crippen LogP contribution in [0.15, 0.2) is 24.9 Å². The molecule has 0 amide bonds. The second-order valence-corrected chi connectivity index (χ2v) is 2.42. The molecule has 1 aromatic rings. The van der Waals surface area contributed by atoms with E-state index in [9.17, 15) is 0 Å². The topological polar surface area (TPSA) is 42.7 Å². The Morgan fingerprint density at radius 3 is 3.17 bits per heavy atom. The van der Waals surface area contributed by atoms with Crippen molar-refractivity contribution in [1.29, 1.82) is 0 Å². The van der Waals surface area contributed by atoms with Crippen LogP contribution in [0.25, 0.3) is 0 Å². The lowest BCUT2D eigenvalue weighted by Gasteiger charge is -1.99. The van der Waals surface area contributed by atoms with Crippen LogP contribution in [0.3, 0.4) is 0 Å². The average molecular weight is 166 g/mol. The van der Waals surface area contributed by atoms with Crippen LogP contribution >= 0.6 is 0 Å². The highest BCUT2D eigenvalue weighted by Crippen LogP contribution is 1.79. The van der Waals surface area contributed by atoms with Crippen molar-refractivity contribution in [2.45, 2.75) is 19.9 Å². The normalized spacial score (nSPS) is 10.8. The number of nitrogens with one attached hydrogen (secondary N) is 1. The minimum Gasteiger partial charge on any atom is -0.389 e. The molecule has 12 heavy (non-hydrogen) atoms. The molecule has 0 bridgehead atoms. The predicted molar refractivity (Wildman–Crippen MR) is 47.5 cm³/mol. The van der Waals surface area contributed by atoms with Gasteiger partial charge in [0.1, 0.15) is 12.7 Å². The van der Waals surface area contributed by atoms with Gasteiger partial charge in [-0.1, -0.05) is 13.0 Å². The summed E-state index contributed by atoms with van der Waals surface area (Å²) in [6.45, 7) is 3.85.